The van der Waals surface area contributed by atoms with Gasteiger partial charge in [0.05, 0.1) is 5.31 Å². The summed E-state index contributed by atoms with van der Waals surface area (Å²) in [6.07, 6.45) is 2.02. The van der Waals surface area contributed by atoms with E-state index in [1.807, 2.05) is 0 Å². The van der Waals surface area contributed by atoms with Crippen molar-refractivity contribution in [1.82, 2.24) is 0 Å². The molecule has 4 aromatic carbocycles. The molecule has 0 N–H and O–H groups in total. The third kappa shape index (κ3) is 3.71. The van der Waals surface area contributed by atoms with Crippen molar-refractivity contribution < 1.29 is 9.05 Å². The number of rotatable bonds is 4. The Hall–Kier alpha value is -3.70. The fraction of sp³-hybridized carbons (Fsp3) is 0.220. The maximum Gasteiger partial charge on any atom is 0.135 e. The predicted octanol–water partition coefficient (Wildman–Crippen LogP) is 11.6. The van der Waals surface area contributed by atoms with Gasteiger partial charge in [-0.15, -0.1) is 0 Å². The number of allylic oxidation sites excluding steroid dienone is 5. The Labute approximate surface area is 268 Å². The van der Waals surface area contributed by atoms with E-state index in [9.17, 15) is 0 Å². The first-order chi connectivity index (χ1) is 21.8. The number of hydrogen-bond donors (Lipinski definition) is 0. The summed E-state index contributed by atoms with van der Waals surface area (Å²) in [5, 5.41) is 2.78. The average Bonchev–Trinajstić information content (AvgIpc) is 3.56. The molecule has 4 heterocycles. The largest absolute Gasteiger partial charge is 0.468 e. The first kappa shape index (κ1) is 27.6. The van der Waals surface area contributed by atoms with Crippen molar-refractivity contribution in [1.29, 1.82) is 0 Å². The van der Waals surface area contributed by atoms with Gasteiger partial charge in [0.2, 0.25) is 0 Å². The lowest BCUT2D eigenvalue weighted by Gasteiger charge is -2.47. The molecule has 2 nitrogen and oxygen atoms in total. The molecule has 4 aromatic rings. The summed E-state index contributed by atoms with van der Waals surface area (Å²) in [5.74, 6) is 2.20. The van der Waals surface area contributed by atoms with E-state index in [2.05, 4.69) is 149 Å². The topological polar surface area (TPSA) is 18.5 Å². The van der Waals surface area contributed by atoms with E-state index in [0.717, 1.165) is 29.4 Å². The van der Waals surface area contributed by atoms with Gasteiger partial charge in [-0.25, -0.2) is 0 Å². The summed E-state index contributed by atoms with van der Waals surface area (Å²) in [4.78, 5) is 0. The zero-order valence-electron chi connectivity index (χ0n) is 26.2. The van der Waals surface area contributed by atoms with Crippen LogP contribution < -0.4 is 0 Å². The normalized spacial score (nSPS) is 29.1. The Morgan fingerprint density at radius 3 is 1.42 bits per heavy atom. The summed E-state index contributed by atoms with van der Waals surface area (Å²) < 4.78 is 14.7. The second-order valence-corrected chi connectivity index (χ2v) is 17.3. The molecule has 4 atom stereocenters. The Bertz CT molecular complexity index is 1990. The molecule has 0 radical (unpaired) electrons. The van der Waals surface area contributed by atoms with Crippen LogP contribution in [0.25, 0.3) is 22.2 Å². The van der Waals surface area contributed by atoms with E-state index in [4.69, 9.17) is 9.05 Å². The van der Waals surface area contributed by atoms with Crippen molar-refractivity contribution >= 4 is 38.5 Å². The van der Waals surface area contributed by atoms with Gasteiger partial charge in [-0.3, -0.25) is 0 Å². The van der Waals surface area contributed by atoms with E-state index in [1.165, 1.54) is 49.6 Å². The van der Waals surface area contributed by atoms with Crippen LogP contribution in [-0.4, -0.2) is 12.3 Å². The molecule has 0 amide bonds. The second kappa shape index (κ2) is 9.65. The summed E-state index contributed by atoms with van der Waals surface area (Å²) in [5.41, 5.74) is 10.2. The molecule has 0 saturated carbocycles. The van der Waals surface area contributed by atoms with Gasteiger partial charge in [0, 0.05) is 45.0 Å². The second-order valence-electron chi connectivity index (χ2n) is 13.9. The molecule has 0 saturated heterocycles. The van der Waals surface area contributed by atoms with Crippen molar-refractivity contribution in [2.45, 2.75) is 27.7 Å². The van der Waals surface area contributed by atoms with E-state index in [-0.39, 0.29) is 16.2 Å². The average molecular weight is 623 g/mol. The van der Waals surface area contributed by atoms with Gasteiger partial charge >= 0.3 is 0 Å². The smallest absolute Gasteiger partial charge is 0.135 e. The van der Waals surface area contributed by atoms with Gasteiger partial charge in [-0.2, -0.15) is 0 Å². The lowest BCUT2D eigenvalue weighted by Crippen LogP contribution is -2.38. The summed E-state index contributed by atoms with van der Waals surface area (Å²) in [6.45, 7) is 9.96. The van der Waals surface area contributed by atoms with Gasteiger partial charge in [-0.05, 0) is 33.4 Å². The first-order valence-electron chi connectivity index (χ1n) is 16.0. The zero-order valence-corrected chi connectivity index (χ0v) is 28.0. The van der Waals surface area contributed by atoms with E-state index in [0.29, 0.717) is 0 Å². The van der Waals surface area contributed by atoms with Gasteiger partial charge < -0.3 is 9.05 Å². The molecule has 5 aliphatic rings. The molecule has 45 heavy (non-hydrogen) atoms. The highest BCUT2D eigenvalue weighted by Gasteiger charge is 2.67. The maximum atomic E-state index is 7.42. The van der Waals surface area contributed by atoms with Crippen LogP contribution in [-0.2, 0) is 9.05 Å². The predicted molar refractivity (Wildman–Crippen MR) is 189 cm³/mol. The molecule has 9 rings (SSSR count). The van der Waals surface area contributed by atoms with Crippen molar-refractivity contribution in [2.75, 3.05) is 12.3 Å². The molecule has 4 bridgehead atoms. The highest BCUT2D eigenvalue weighted by molar-refractivity contribution is 7.65. The monoisotopic (exact) mass is 622 g/mol. The lowest BCUT2D eigenvalue weighted by molar-refractivity contribution is 0.348. The fourth-order valence-corrected chi connectivity index (χ4v) is 14.8. The van der Waals surface area contributed by atoms with Crippen LogP contribution in [0.1, 0.15) is 49.9 Å². The third-order valence-electron chi connectivity index (χ3n) is 10.6. The summed E-state index contributed by atoms with van der Waals surface area (Å²) in [7, 11) is -1.76. The first-order valence-corrected chi connectivity index (χ1v) is 18.8. The Morgan fingerprint density at radius 2 is 0.867 bits per heavy atom. The van der Waals surface area contributed by atoms with Gasteiger partial charge in [-0.1, -0.05) is 149 Å². The van der Waals surface area contributed by atoms with Crippen LogP contribution in [0.2, 0.25) is 0 Å². The fourth-order valence-electron chi connectivity index (χ4n) is 9.30. The molecule has 4 aliphatic heterocycles. The SMILES string of the molecule is CC1(C)C2=C(OP3C[C@]2(C)C(c2ccccc2)=C3c2ccccc2)C2=C1[C@]1(C)CP2OC(c2ccccc2)=C1c1ccccc1. The Kier molecular flexibility index (Phi) is 5.92. The standard InChI is InChI=1S/C41H36O2P2/c1-39(2)37-34(43-44-26-41(37,4)32(28-19-11-6-12-20-28)35(44)30-23-15-8-16-24-30)36-38(39)40(3)25-45(36)42-33(29-21-13-7-14-22-29)31(40)27-17-9-5-10-18-27/h5-24H,25-26H2,1-4H3/t40-,41-,44?,45?/m1/s1. The van der Waals surface area contributed by atoms with Crippen molar-refractivity contribution in [2.24, 2.45) is 16.2 Å². The molecule has 1 aliphatic carbocycles. The lowest BCUT2D eigenvalue weighted by atomic mass is 9.59. The summed E-state index contributed by atoms with van der Waals surface area (Å²) >= 11 is 0. The summed E-state index contributed by atoms with van der Waals surface area (Å²) in [6, 6.07) is 43.8. The third-order valence-corrected chi connectivity index (χ3v) is 15.2. The van der Waals surface area contributed by atoms with E-state index >= 15 is 0 Å². The molecule has 0 fully saturated rings. The molecule has 222 valence electrons. The maximum absolute atomic E-state index is 7.42. The van der Waals surface area contributed by atoms with Gasteiger partial charge in [0.25, 0.3) is 0 Å². The molecule has 0 spiro atoms. The minimum Gasteiger partial charge on any atom is -0.468 e. The number of hydrogen-bond acceptors (Lipinski definition) is 2. The van der Waals surface area contributed by atoms with Crippen LogP contribution in [0.5, 0.6) is 0 Å². The molecular formula is C41H36O2P2. The molecule has 4 heteroatoms. The minimum absolute atomic E-state index is 0.139. The van der Waals surface area contributed by atoms with Crippen LogP contribution in [0, 0.1) is 16.2 Å². The van der Waals surface area contributed by atoms with Gasteiger partial charge in [0.15, 0.2) is 0 Å². The van der Waals surface area contributed by atoms with Crippen molar-refractivity contribution in [3.63, 3.8) is 0 Å². The highest BCUT2D eigenvalue weighted by atomic mass is 31.1. The molecule has 2 unspecified atom stereocenters. The number of fused-ring (bicyclic) bond motifs is 8. The van der Waals surface area contributed by atoms with E-state index < -0.39 is 16.3 Å². The number of benzene rings is 4. The van der Waals surface area contributed by atoms with E-state index in [1.54, 1.807) is 0 Å². The van der Waals surface area contributed by atoms with Crippen LogP contribution >= 0.6 is 16.3 Å². The highest BCUT2D eigenvalue weighted by Crippen LogP contribution is 2.84. The van der Waals surface area contributed by atoms with Crippen LogP contribution in [0.3, 0.4) is 0 Å². The Balaban J connectivity index is 1.26. The quantitative estimate of drug-likeness (QED) is 0.211. The Morgan fingerprint density at radius 1 is 0.444 bits per heavy atom. The zero-order chi connectivity index (χ0) is 30.6. The van der Waals surface area contributed by atoms with Gasteiger partial charge in [0.1, 0.15) is 27.8 Å². The molecular weight excluding hydrogens is 586 g/mol. The van der Waals surface area contributed by atoms with Crippen molar-refractivity contribution in [3.05, 3.63) is 166 Å². The van der Waals surface area contributed by atoms with Crippen molar-refractivity contribution in [3.8, 4) is 0 Å². The molecule has 0 aromatic heterocycles. The minimum atomic E-state index is -0.905. The van der Waals surface area contributed by atoms with Crippen LogP contribution in [0.15, 0.2) is 144 Å². The van der Waals surface area contributed by atoms with Crippen LogP contribution in [0.4, 0.5) is 0 Å².